The molecular formula is C18H22N2OSi2. The van der Waals surface area contributed by atoms with Crippen molar-refractivity contribution in [2.24, 2.45) is 0 Å². The second-order valence-electron chi connectivity index (χ2n) is 7.58. The summed E-state index contributed by atoms with van der Waals surface area (Å²) in [6.07, 6.45) is 0. The van der Waals surface area contributed by atoms with Gasteiger partial charge in [-0.05, 0) is 67.2 Å². The van der Waals surface area contributed by atoms with Crippen molar-refractivity contribution in [2.75, 3.05) is 5.73 Å². The molecule has 1 aromatic heterocycles. The molecular weight excluding hydrogens is 316 g/mol. The van der Waals surface area contributed by atoms with Gasteiger partial charge in [0.2, 0.25) is 16.6 Å². The molecule has 23 heavy (non-hydrogen) atoms. The van der Waals surface area contributed by atoms with E-state index < -0.39 is 16.6 Å². The van der Waals surface area contributed by atoms with Gasteiger partial charge in [-0.3, -0.25) is 0 Å². The molecule has 0 atom stereocenters. The molecule has 0 unspecified atom stereocenters. The third kappa shape index (κ3) is 2.07. The average molecular weight is 339 g/mol. The van der Waals surface area contributed by atoms with E-state index in [9.17, 15) is 0 Å². The van der Waals surface area contributed by atoms with Crippen LogP contribution in [-0.2, 0) is 4.12 Å². The van der Waals surface area contributed by atoms with Crippen LogP contribution in [-0.4, -0.2) is 21.6 Å². The van der Waals surface area contributed by atoms with Crippen molar-refractivity contribution in [1.82, 2.24) is 4.98 Å². The number of aryl methyl sites for hydroxylation is 1. The SMILES string of the molecule is Cc1ccc2c(N)c3cc4c(cc3nc2c1)[Si](C)(C)O[Si]4(C)C. The molecule has 5 heteroatoms. The molecule has 1 aliphatic rings. The van der Waals surface area contributed by atoms with Crippen molar-refractivity contribution >= 4 is 54.5 Å². The van der Waals surface area contributed by atoms with Crippen LogP contribution in [0.4, 0.5) is 5.69 Å². The maximum atomic E-state index is 6.54. The number of benzene rings is 2. The maximum absolute atomic E-state index is 6.54. The number of nitrogens with two attached hydrogens (primary N) is 1. The van der Waals surface area contributed by atoms with E-state index in [0.717, 1.165) is 27.5 Å². The number of hydrogen-bond donors (Lipinski definition) is 1. The zero-order valence-electron chi connectivity index (χ0n) is 14.3. The molecule has 0 radical (unpaired) electrons. The normalized spacial score (nSPS) is 18.5. The van der Waals surface area contributed by atoms with Gasteiger partial charge in [-0.25, -0.2) is 4.98 Å². The van der Waals surface area contributed by atoms with Crippen molar-refractivity contribution in [3.63, 3.8) is 0 Å². The fourth-order valence-electron chi connectivity index (χ4n) is 3.88. The van der Waals surface area contributed by atoms with Gasteiger partial charge in [-0.15, -0.1) is 0 Å². The fourth-order valence-corrected chi connectivity index (χ4v) is 14.1. The second kappa shape index (κ2) is 4.43. The van der Waals surface area contributed by atoms with Crippen LogP contribution in [0, 0.1) is 6.92 Å². The molecule has 0 saturated carbocycles. The molecule has 3 aromatic rings. The zero-order chi connectivity index (χ0) is 16.6. The van der Waals surface area contributed by atoms with Gasteiger partial charge >= 0.3 is 0 Å². The minimum Gasteiger partial charge on any atom is -0.449 e. The van der Waals surface area contributed by atoms with Crippen LogP contribution >= 0.6 is 0 Å². The van der Waals surface area contributed by atoms with Crippen molar-refractivity contribution in [3.8, 4) is 0 Å². The van der Waals surface area contributed by atoms with Gasteiger partial charge in [0.25, 0.3) is 0 Å². The maximum Gasteiger partial charge on any atom is 0.206 e. The van der Waals surface area contributed by atoms with E-state index in [1.807, 2.05) is 0 Å². The number of rotatable bonds is 0. The molecule has 2 heterocycles. The Balaban J connectivity index is 2.13. The molecule has 3 nitrogen and oxygen atoms in total. The molecule has 2 N–H and O–H groups in total. The van der Waals surface area contributed by atoms with Crippen LogP contribution < -0.4 is 16.1 Å². The Kier molecular flexibility index (Phi) is 2.87. The van der Waals surface area contributed by atoms with E-state index in [1.165, 1.54) is 15.9 Å². The van der Waals surface area contributed by atoms with E-state index in [-0.39, 0.29) is 0 Å². The average Bonchev–Trinajstić information content (AvgIpc) is 2.62. The second-order valence-corrected chi connectivity index (χ2v) is 15.5. The molecule has 4 rings (SSSR count). The molecule has 0 aliphatic carbocycles. The van der Waals surface area contributed by atoms with Crippen molar-refractivity contribution in [2.45, 2.75) is 33.1 Å². The lowest BCUT2D eigenvalue weighted by Crippen LogP contribution is -2.44. The summed E-state index contributed by atoms with van der Waals surface area (Å²) >= 11 is 0. The molecule has 1 aliphatic heterocycles. The first-order chi connectivity index (χ1) is 10.7. The van der Waals surface area contributed by atoms with Crippen LogP contribution in [0.3, 0.4) is 0 Å². The van der Waals surface area contributed by atoms with Gasteiger partial charge in [0.15, 0.2) is 0 Å². The first kappa shape index (κ1) is 14.9. The lowest BCUT2D eigenvalue weighted by molar-refractivity contribution is 0.583. The van der Waals surface area contributed by atoms with Crippen LogP contribution in [0.25, 0.3) is 21.8 Å². The fraction of sp³-hybridized carbons (Fsp3) is 0.278. The van der Waals surface area contributed by atoms with E-state index in [1.54, 1.807) is 0 Å². The Bertz CT molecular complexity index is 980. The van der Waals surface area contributed by atoms with Gasteiger partial charge in [-0.1, -0.05) is 12.1 Å². The molecule has 2 aromatic carbocycles. The number of fused-ring (bicyclic) bond motifs is 3. The monoisotopic (exact) mass is 338 g/mol. The molecule has 0 amide bonds. The van der Waals surface area contributed by atoms with Gasteiger partial charge in [0.1, 0.15) is 0 Å². The standard InChI is InChI=1S/C18H22N2OSi2/c1-11-6-7-12-14(8-11)20-15-10-17-16(9-13(15)18(12)19)22(2,3)21-23(17,4)5/h6-10H,1-5H3,(H2,19,20). The summed E-state index contributed by atoms with van der Waals surface area (Å²) in [6, 6.07) is 10.8. The van der Waals surface area contributed by atoms with Crippen LogP contribution in [0.2, 0.25) is 26.2 Å². The zero-order valence-corrected chi connectivity index (χ0v) is 16.3. The van der Waals surface area contributed by atoms with Crippen molar-refractivity contribution in [3.05, 3.63) is 35.9 Å². The van der Waals surface area contributed by atoms with E-state index in [4.69, 9.17) is 14.8 Å². The van der Waals surface area contributed by atoms with E-state index >= 15 is 0 Å². The Morgan fingerprint density at radius 1 is 0.870 bits per heavy atom. The predicted octanol–water partition coefficient (Wildman–Crippen LogP) is 3.13. The summed E-state index contributed by atoms with van der Waals surface area (Å²) in [6.45, 7) is 11.2. The van der Waals surface area contributed by atoms with Gasteiger partial charge in [-0.2, -0.15) is 0 Å². The van der Waals surface area contributed by atoms with E-state index in [0.29, 0.717) is 0 Å². The quantitative estimate of drug-likeness (QED) is 0.506. The molecule has 0 fully saturated rings. The van der Waals surface area contributed by atoms with Crippen molar-refractivity contribution in [1.29, 1.82) is 0 Å². The van der Waals surface area contributed by atoms with Crippen molar-refractivity contribution < 1.29 is 4.12 Å². The Labute approximate surface area is 138 Å². The van der Waals surface area contributed by atoms with Crippen LogP contribution in [0.15, 0.2) is 30.3 Å². The lowest BCUT2D eigenvalue weighted by Gasteiger charge is -2.22. The summed E-state index contributed by atoms with van der Waals surface area (Å²) < 4.78 is 6.54. The third-order valence-corrected chi connectivity index (χ3v) is 12.7. The summed E-state index contributed by atoms with van der Waals surface area (Å²) in [5.41, 5.74) is 10.5. The molecule has 0 spiro atoms. The predicted molar refractivity (Wildman–Crippen MR) is 104 cm³/mol. The van der Waals surface area contributed by atoms with Gasteiger partial charge in [0, 0.05) is 10.8 Å². The molecule has 118 valence electrons. The van der Waals surface area contributed by atoms with Crippen LogP contribution in [0.1, 0.15) is 5.56 Å². The van der Waals surface area contributed by atoms with Crippen LogP contribution in [0.5, 0.6) is 0 Å². The summed E-state index contributed by atoms with van der Waals surface area (Å²) in [7, 11) is -3.66. The number of hydrogen-bond acceptors (Lipinski definition) is 3. The first-order valence-corrected chi connectivity index (χ1v) is 13.9. The Hall–Kier alpha value is -1.70. The summed E-state index contributed by atoms with van der Waals surface area (Å²) in [5.74, 6) is 0. The highest BCUT2D eigenvalue weighted by Gasteiger charge is 2.46. The Morgan fingerprint density at radius 2 is 1.48 bits per heavy atom. The highest BCUT2D eigenvalue weighted by molar-refractivity contribution is 7.06. The number of anilines is 1. The van der Waals surface area contributed by atoms with E-state index in [2.05, 4.69) is 63.4 Å². The van der Waals surface area contributed by atoms with Gasteiger partial charge in [0.05, 0.1) is 16.7 Å². The number of aromatic nitrogens is 1. The minimum absolute atomic E-state index is 0.837. The molecule has 0 saturated heterocycles. The highest BCUT2D eigenvalue weighted by Crippen LogP contribution is 2.31. The minimum atomic E-state index is -1.83. The number of pyridine rings is 1. The first-order valence-electron chi connectivity index (χ1n) is 8.04. The largest absolute Gasteiger partial charge is 0.449 e. The number of nitrogens with zero attached hydrogens (tertiary/aromatic N) is 1. The topological polar surface area (TPSA) is 48.1 Å². The summed E-state index contributed by atoms with van der Waals surface area (Å²) in [4.78, 5) is 4.89. The Morgan fingerprint density at radius 3 is 2.17 bits per heavy atom. The number of nitrogen functional groups attached to an aromatic ring is 1. The lowest BCUT2D eigenvalue weighted by atomic mass is 10.1. The summed E-state index contributed by atoms with van der Waals surface area (Å²) in [5, 5.41) is 4.91. The molecule has 0 bridgehead atoms. The smallest absolute Gasteiger partial charge is 0.206 e. The highest BCUT2D eigenvalue weighted by atomic mass is 28.4. The van der Waals surface area contributed by atoms with Gasteiger partial charge < -0.3 is 9.85 Å². The third-order valence-electron chi connectivity index (χ3n) is 4.92.